The lowest BCUT2D eigenvalue weighted by molar-refractivity contribution is 0.616. The maximum Gasteiger partial charge on any atom is 0.106 e. The minimum absolute atomic E-state index is 0.464. The Hall–Kier alpha value is -1.09. The molecular formula is C13H20N2S. The Morgan fingerprint density at radius 3 is 2.62 bits per heavy atom. The standard InChI is InChI=1S/C13H20N2S/c1-4-7-10(2)15(3)12-9-6-5-8-11(12)13(14)16/h5-6,8-10H,4,7H2,1-3H3,(H2,14,16). The van der Waals surface area contributed by atoms with E-state index in [0.717, 1.165) is 11.3 Å². The molecule has 2 N–H and O–H groups in total. The fourth-order valence-electron chi connectivity index (χ4n) is 1.84. The Kier molecular flexibility index (Phi) is 4.74. The van der Waals surface area contributed by atoms with Crippen LogP contribution >= 0.6 is 12.2 Å². The number of nitrogens with two attached hydrogens (primary N) is 1. The number of hydrogen-bond donors (Lipinski definition) is 1. The van der Waals surface area contributed by atoms with Crippen molar-refractivity contribution >= 4 is 22.9 Å². The first-order valence-corrected chi connectivity index (χ1v) is 6.10. The van der Waals surface area contributed by atoms with Crippen molar-refractivity contribution in [1.82, 2.24) is 0 Å². The van der Waals surface area contributed by atoms with Crippen molar-refractivity contribution < 1.29 is 0 Å². The number of nitrogens with zero attached hydrogens (tertiary/aromatic N) is 1. The van der Waals surface area contributed by atoms with Crippen LogP contribution in [0.15, 0.2) is 24.3 Å². The fourth-order valence-corrected chi connectivity index (χ4v) is 2.01. The van der Waals surface area contributed by atoms with E-state index in [9.17, 15) is 0 Å². The van der Waals surface area contributed by atoms with E-state index in [1.54, 1.807) is 0 Å². The highest BCUT2D eigenvalue weighted by atomic mass is 32.1. The van der Waals surface area contributed by atoms with Crippen molar-refractivity contribution in [2.75, 3.05) is 11.9 Å². The lowest BCUT2D eigenvalue weighted by atomic mass is 10.1. The van der Waals surface area contributed by atoms with Gasteiger partial charge in [0.25, 0.3) is 0 Å². The van der Waals surface area contributed by atoms with Crippen LogP contribution in [-0.4, -0.2) is 18.1 Å². The van der Waals surface area contributed by atoms with Crippen LogP contribution in [0.1, 0.15) is 32.3 Å². The Morgan fingerprint density at radius 2 is 2.06 bits per heavy atom. The largest absolute Gasteiger partial charge is 0.389 e. The smallest absolute Gasteiger partial charge is 0.106 e. The highest BCUT2D eigenvalue weighted by molar-refractivity contribution is 7.80. The molecule has 0 fully saturated rings. The van der Waals surface area contributed by atoms with Crippen LogP contribution < -0.4 is 10.6 Å². The van der Waals surface area contributed by atoms with E-state index in [1.165, 1.54) is 12.8 Å². The molecule has 0 heterocycles. The van der Waals surface area contributed by atoms with Crippen molar-refractivity contribution in [1.29, 1.82) is 0 Å². The van der Waals surface area contributed by atoms with Gasteiger partial charge < -0.3 is 10.6 Å². The summed E-state index contributed by atoms with van der Waals surface area (Å²) >= 11 is 5.07. The number of para-hydroxylation sites is 1. The molecule has 0 aliphatic carbocycles. The van der Waals surface area contributed by atoms with Gasteiger partial charge in [0.15, 0.2) is 0 Å². The Morgan fingerprint density at radius 1 is 1.44 bits per heavy atom. The molecule has 1 atom stereocenters. The van der Waals surface area contributed by atoms with Crippen molar-refractivity contribution in [3.8, 4) is 0 Å². The number of rotatable bonds is 5. The van der Waals surface area contributed by atoms with E-state index < -0.39 is 0 Å². The molecule has 0 aliphatic heterocycles. The van der Waals surface area contributed by atoms with E-state index in [2.05, 4.69) is 31.9 Å². The van der Waals surface area contributed by atoms with Crippen LogP contribution in [0.25, 0.3) is 0 Å². The van der Waals surface area contributed by atoms with E-state index in [1.807, 2.05) is 18.2 Å². The van der Waals surface area contributed by atoms with Gasteiger partial charge in [-0.25, -0.2) is 0 Å². The second-order valence-corrected chi connectivity index (χ2v) is 4.57. The number of hydrogen-bond acceptors (Lipinski definition) is 2. The zero-order valence-electron chi connectivity index (χ0n) is 10.2. The van der Waals surface area contributed by atoms with E-state index in [-0.39, 0.29) is 0 Å². The first-order valence-electron chi connectivity index (χ1n) is 5.69. The molecule has 0 aromatic heterocycles. The summed E-state index contributed by atoms with van der Waals surface area (Å²) in [5.41, 5.74) is 7.81. The zero-order valence-corrected chi connectivity index (χ0v) is 11.1. The Labute approximate surface area is 103 Å². The van der Waals surface area contributed by atoms with Crippen LogP contribution in [0.2, 0.25) is 0 Å². The molecule has 1 unspecified atom stereocenters. The molecule has 2 nitrogen and oxygen atoms in total. The normalized spacial score (nSPS) is 12.2. The summed E-state index contributed by atoms with van der Waals surface area (Å²) in [4.78, 5) is 2.71. The number of anilines is 1. The minimum atomic E-state index is 0.464. The third-order valence-corrected chi connectivity index (χ3v) is 3.14. The first kappa shape index (κ1) is 13.0. The van der Waals surface area contributed by atoms with Crippen LogP contribution in [0.5, 0.6) is 0 Å². The van der Waals surface area contributed by atoms with Crippen molar-refractivity contribution in [2.45, 2.75) is 32.7 Å². The molecule has 1 aromatic rings. The SMILES string of the molecule is CCCC(C)N(C)c1ccccc1C(N)=S. The van der Waals surface area contributed by atoms with Crippen molar-refractivity contribution in [3.05, 3.63) is 29.8 Å². The van der Waals surface area contributed by atoms with Gasteiger partial charge in [-0.05, 0) is 25.5 Å². The Bertz CT molecular complexity index is 363. The lowest BCUT2D eigenvalue weighted by Gasteiger charge is -2.28. The quantitative estimate of drug-likeness (QED) is 0.797. The Balaban J connectivity index is 2.98. The molecule has 3 heteroatoms. The zero-order chi connectivity index (χ0) is 12.1. The second kappa shape index (κ2) is 5.85. The molecule has 0 spiro atoms. The van der Waals surface area contributed by atoms with Gasteiger partial charge in [-0.3, -0.25) is 0 Å². The van der Waals surface area contributed by atoms with E-state index >= 15 is 0 Å². The average molecular weight is 236 g/mol. The van der Waals surface area contributed by atoms with Gasteiger partial charge in [-0.1, -0.05) is 37.7 Å². The molecule has 88 valence electrons. The molecule has 16 heavy (non-hydrogen) atoms. The maximum atomic E-state index is 5.73. The molecule has 0 bridgehead atoms. The van der Waals surface area contributed by atoms with Crippen molar-refractivity contribution in [3.63, 3.8) is 0 Å². The van der Waals surface area contributed by atoms with E-state index in [0.29, 0.717) is 11.0 Å². The van der Waals surface area contributed by atoms with Gasteiger partial charge in [-0.15, -0.1) is 0 Å². The van der Waals surface area contributed by atoms with Gasteiger partial charge in [0.2, 0.25) is 0 Å². The van der Waals surface area contributed by atoms with Gasteiger partial charge in [-0.2, -0.15) is 0 Å². The lowest BCUT2D eigenvalue weighted by Crippen LogP contribution is -2.30. The topological polar surface area (TPSA) is 29.3 Å². The van der Waals surface area contributed by atoms with E-state index in [4.69, 9.17) is 18.0 Å². The van der Waals surface area contributed by atoms with Crippen LogP contribution in [-0.2, 0) is 0 Å². The third kappa shape index (κ3) is 2.95. The molecule has 0 saturated heterocycles. The predicted octanol–water partition coefficient (Wildman–Crippen LogP) is 2.95. The van der Waals surface area contributed by atoms with Gasteiger partial charge in [0.05, 0.1) is 0 Å². The van der Waals surface area contributed by atoms with Gasteiger partial charge >= 0.3 is 0 Å². The summed E-state index contributed by atoms with van der Waals surface area (Å²) in [6, 6.07) is 8.54. The average Bonchev–Trinajstić information content (AvgIpc) is 2.28. The van der Waals surface area contributed by atoms with Gasteiger partial charge in [0, 0.05) is 24.3 Å². The summed E-state index contributed by atoms with van der Waals surface area (Å²) in [7, 11) is 2.09. The molecule has 0 amide bonds. The monoisotopic (exact) mass is 236 g/mol. The fraction of sp³-hybridized carbons (Fsp3) is 0.462. The summed E-state index contributed by atoms with van der Waals surface area (Å²) in [5.74, 6) is 0. The number of thiocarbonyl (C=S) groups is 1. The molecule has 1 rings (SSSR count). The molecule has 1 aromatic carbocycles. The van der Waals surface area contributed by atoms with Crippen LogP contribution in [0, 0.1) is 0 Å². The number of benzene rings is 1. The van der Waals surface area contributed by atoms with Crippen LogP contribution in [0.3, 0.4) is 0 Å². The molecular weight excluding hydrogens is 216 g/mol. The predicted molar refractivity (Wildman–Crippen MR) is 75.1 cm³/mol. The third-order valence-electron chi connectivity index (χ3n) is 2.92. The highest BCUT2D eigenvalue weighted by Gasteiger charge is 2.13. The second-order valence-electron chi connectivity index (χ2n) is 4.13. The maximum absolute atomic E-state index is 5.73. The minimum Gasteiger partial charge on any atom is -0.389 e. The molecule has 0 radical (unpaired) electrons. The molecule has 0 aliphatic rings. The highest BCUT2D eigenvalue weighted by Crippen LogP contribution is 2.22. The summed E-state index contributed by atoms with van der Waals surface area (Å²) in [5, 5.41) is 0. The van der Waals surface area contributed by atoms with Gasteiger partial charge in [0.1, 0.15) is 4.99 Å². The summed E-state index contributed by atoms with van der Waals surface area (Å²) in [6.07, 6.45) is 2.35. The summed E-state index contributed by atoms with van der Waals surface area (Å²) < 4.78 is 0. The molecule has 0 saturated carbocycles. The summed E-state index contributed by atoms with van der Waals surface area (Å²) in [6.45, 7) is 4.42. The van der Waals surface area contributed by atoms with Crippen molar-refractivity contribution in [2.24, 2.45) is 5.73 Å². The van der Waals surface area contributed by atoms with Crippen LogP contribution in [0.4, 0.5) is 5.69 Å². The first-order chi connectivity index (χ1) is 7.57.